The third-order valence-corrected chi connectivity index (χ3v) is 5.36. The molecule has 1 aliphatic rings. The van der Waals surface area contributed by atoms with Crippen molar-refractivity contribution < 1.29 is 18.7 Å². The van der Waals surface area contributed by atoms with E-state index >= 15 is 0 Å². The number of amides is 1. The molecule has 1 amide bonds. The molecule has 140 valence electrons. The molecule has 0 unspecified atom stereocenters. The predicted molar refractivity (Wildman–Crippen MR) is 98.3 cm³/mol. The second-order valence-electron chi connectivity index (χ2n) is 6.11. The number of hydrogen-bond donors (Lipinski definition) is 1. The summed E-state index contributed by atoms with van der Waals surface area (Å²) < 4.78 is 28.2. The summed E-state index contributed by atoms with van der Waals surface area (Å²) in [6.45, 7) is 1.22. The van der Waals surface area contributed by atoms with Crippen LogP contribution in [-0.4, -0.2) is 55.1 Å². The van der Waals surface area contributed by atoms with Crippen LogP contribution in [-0.2, 0) is 0 Å². The number of aromatic hydroxyl groups is 1. The molecule has 1 fully saturated rings. The molecule has 0 spiro atoms. The summed E-state index contributed by atoms with van der Waals surface area (Å²) in [5, 5.41) is 13.4. The fraction of sp³-hybridized carbons (Fsp3) is 0.278. The van der Waals surface area contributed by atoms with Gasteiger partial charge in [-0.15, -0.1) is 0 Å². The van der Waals surface area contributed by atoms with Crippen LogP contribution in [0.4, 0.5) is 8.78 Å². The molecule has 9 heteroatoms. The van der Waals surface area contributed by atoms with Gasteiger partial charge in [0, 0.05) is 30.2 Å². The summed E-state index contributed by atoms with van der Waals surface area (Å²) >= 11 is 1.77. The highest BCUT2D eigenvalue weighted by molar-refractivity contribution is 7.99. The molecular formula is C18H16F2N4O2S. The normalized spacial score (nSPS) is 14.9. The highest BCUT2D eigenvalue weighted by atomic mass is 32.2. The van der Waals surface area contributed by atoms with E-state index in [9.17, 15) is 18.7 Å². The van der Waals surface area contributed by atoms with Crippen LogP contribution in [0.2, 0.25) is 0 Å². The number of carbonyl (C=O) groups is 1. The van der Waals surface area contributed by atoms with E-state index in [1.54, 1.807) is 28.8 Å². The van der Waals surface area contributed by atoms with Gasteiger partial charge in [0.2, 0.25) is 0 Å². The lowest BCUT2D eigenvalue weighted by molar-refractivity contribution is 0.0774. The minimum absolute atomic E-state index is 0.0668. The monoisotopic (exact) mass is 390 g/mol. The fourth-order valence-electron chi connectivity index (χ4n) is 3.01. The summed E-state index contributed by atoms with van der Waals surface area (Å²) in [5.74, 6) is 1.51. The third-order valence-electron chi connectivity index (χ3n) is 4.41. The topological polar surface area (TPSA) is 70.7 Å². The van der Waals surface area contributed by atoms with Crippen LogP contribution in [0.15, 0.2) is 36.5 Å². The second kappa shape index (κ2) is 7.15. The second-order valence-corrected chi connectivity index (χ2v) is 7.34. The molecule has 1 aromatic carbocycles. The quantitative estimate of drug-likeness (QED) is 0.744. The van der Waals surface area contributed by atoms with E-state index < -0.39 is 6.43 Å². The largest absolute Gasteiger partial charge is 0.508 e. The minimum atomic E-state index is -2.78. The van der Waals surface area contributed by atoms with Crippen molar-refractivity contribution in [2.24, 2.45) is 0 Å². The van der Waals surface area contributed by atoms with Gasteiger partial charge in [-0.25, -0.2) is 18.3 Å². The fourth-order valence-corrected chi connectivity index (χ4v) is 3.91. The van der Waals surface area contributed by atoms with Gasteiger partial charge in [0.1, 0.15) is 17.0 Å². The molecule has 3 aromatic rings. The van der Waals surface area contributed by atoms with Gasteiger partial charge < -0.3 is 10.0 Å². The first-order chi connectivity index (χ1) is 13.0. The first kappa shape index (κ1) is 17.7. The van der Waals surface area contributed by atoms with Crippen LogP contribution in [0.5, 0.6) is 5.75 Å². The van der Waals surface area contributed by atoms with Crippen LogP contribution in [0, 0.1) is 0 Å². The van der Waals surface area contributed by atoms with Crippen molar-refractivity contribution in [3.8, 4) is 17.0 Å². The van der Waals surface area contributed by atoms with Crippen LogP contribution in [0.25, 0.3) is 16.9 Å². The van der Waals surface area contributed by atoms with Crippen LogP contribution < -0.4 is 0 Å². The third kappa shape index (κ3) is 3.34. The Labute approximate surface area is 157 Å². The molecular weight excluding hydrogens is 374 g/mol. The summed E-state index contributed by atoms with van der Waals surface area (Å²) in [6, 6.07) is 7.34. The molecule has 0 bridgehead atoms. The number of aromatic nitrogens is 3. The zero-order valence-corrected chi connectivity index (χ0v) is 15.0. The van der Waals surface area contributed by atoms with Gasteiger partial charge in [0.05, 0.1) is 11.9 Å². The van der Waals surface area contributed by atoms with Gasteiger partial charge in [0.25, 0.3) is 12.3 Å². The van der Waals surface area contributed by atoms with E-state index in [1.807, 2.05) is 0 Å². The van der Waals surface area contributed by atoms with Gasteiger partial charge in [-0.2, -0.15) is 16.9 Å². The van der Waals surface area contributed by atoms with E-state index in [1.165, 1.54) is 24.4 Å². The Hall–Kier alpha value is -2.68. The van der Waals surface area contributed by atoms with Crippen molar-refractivity contribution in [2.75, 3.05) is 24.6 Å². The zero-order chi connectivity index (χ0) is 19.0. The number of nitrogens with zero attached hydrogens (tertiary/aromatic N) is 4. The highest BCUT2D eigenvalue weighted by Gasteiger charge is 2.25. The minimum Gasteiger partial charge on any atom is -0.508 e. The Morgan fingerprint density at radius 1 is 1.19 bits per heavy atom. The Bertz CT molecular complexity index is 985. The number of alkyl halides is 2. The molecule has 4 rings (SSSR count). The summed E-state index contributed by atoms with van der Waals surface area (Å²) in [7, 11) is 0. The predicted octanol–water partition coefficient (Wildman–Crippen LogP) is 3.23. The van der Waals surface area contributed by atoms with Gasteiger partial charge in [0.15, 0.2) is 5.65 Å². The van der Waals surface area contributed by atoms with Gasteiger partial charge >= 0.3 is 0 Å². The number of phenols is 1. The number of thioether (sulfide) groups is 1. The SMILES string of the molecule is O=C(c1cnn2c(C(F)F)cc(-c3ccc(O)cc3)nc12)N1CCSCC1. The lowest BCUT2D eigenvalue weighted by Gasteiger charge is -2.25. The molecule has 1 N–H and O–H groups in total. The van der Waals surface area contributed by atoms with Crippen molar-refractivity contribution in [3.63, 3.8) is 0 Å². The van der Waals surface area contributed by atoms with Crippen LogP contribution in [0.1, 0.15) is 22.5 Å². The smallest absolute Gasteiger partial charge is 0.280 e. The highest BCUT2D eigenvalue weighted by Crippen LogP contribution is 2.28. The molecule has 0 aliphatic carbocycles. The van der Waals surface area contributed by atoms with Gasteiger partial charge in [-0.05, 0) is 30.3 Å². The maximum absolute atomic E-state index is 13.6. The van der Waals surface area contributed by atoms with Crippen molar-refractivity contribution in [2.45, 2.75) is 6.43 Å². The first-order valence-corrected chi connectivity index (χ1v) is 9.53. The van der Waals surface area contributed by atoms with E-state index in [-0.39, 0.29) is 28.6 Å². The molecule has 0 radical (unpaired) electrons. The van der Waals surface area contributed by atoms with E-state index in [0.717, 1.165) is 16.0 Å². The molecule has 1 aliphatic heterocycles. The Morgan fingerprint density at radius 2 is 1.89 bits per heavy atom. The van der Waals surface area contributed by atoms with Crippen molar-refractivity contribution in [1.82, 2.24) is 19.5 Å². The molecule has 2 aromatic heterocycles. The van der Waals surface area contributed by atoms with Crippen LogP contribution in [0.3, 0.4) is 0 Å². The number of phenolic OH excluding ortho intramolecular Hbond substituents is 1. The number of rotatable bonds is 3. The molecule has 27 heavy (non-hydrogen) atoms. The zero-order valence-electron chi connectivity index (χ0n) is 14.2. The lowest BCUT2D eigenvalue weighted by Crippen LogP contribution is -2.37. The standard InChI is InChI=1S/C18H16F2N4O2S/c19-16(20)15-9-14(11-1-3-12(25)4-2-11)22-17-13(10-21-24(15)17)18(26)23-5-7-27-8-6-23/h1-4,9-10,16,25H,5-8H2. The molecule has 0 saturated carbocycles. The maximum atomic E-state index is 13.6. The van der Waals surface area contributed by atoms with Gasteiger partial charge in [-0.3, -0.25) is 4.79 Å². The average Bonchev–Trinajstić information content (AvgIpc) is 3.11. The van der Waals surface area contributed by atoms with E-state index in [4.69, 9.17) is 0 Å². The van der Waals surface area contributed by atoms with Crippen molar-refractivity contribution in [1.29, 1.82) is 0 Å². The molecule has 1 saturated heterocycles. The Balaban J connectivity index is 1.84. The molecule has 6 nitrogen and oxygen atoms in total. The van der Waals surface area contributed by atoms with E-state index in [0.29, 0.717) is 24.3 Å². The average molecular weight is 390 g/mol. The number of hydrogen-bond acceptors (Lipinski definition) is 5. The number of fused-ring (bicyclic) bond motifs is 1. The Kier molecular flexibility index (Phi) is 4.69. The van der Waals surface area contributed by atoms with E-state index in [2.05, 4.69) is 10.1 Å². The Morgan fingerprint density at radius 3 is 2.56 bits per heavy atom. The molecule has 3 heterocycles. The summed E-state index contributed by atoms with van der Waals surface area (Å²) in [5.41, 5.74) is 0.840. The summed E-state index contributed by atoms with van der Waals surface area (Å²) in [6.07, 6.45) is -1.47. The maximum Gasteiger partial charge on any atom is 0.280 e. The summed E-state index contributed by atoms with van der Waals surface area (Å²) in [4.78, 5) is 19.0. The molecule has 0 atom stereocenters. The number of carbonyl (C=O) groups excluding carboxylic acids is 1. The first-order valence-electron chi connectivity index (χ1n) is 8.38. The number of benzene rings is 1. The van der Waals surface area contributed by atoms with Crippen molar-refractivity contribution >= 4 is 23.3 Å². The van der Waals surface area contributed by atoms with Gasteiger partial charge in [-0.1, -0.05) is 0 Å². The van der Waals surface area contributed by atoms with Crippen molar-refractivity contribution in [3.05, 3.63) is 47.8 Å². The number of halogens is 2. The lowest BCUT2D eigenvalue weighted by atomic mass is 10.1. The van der Waals surface area contributed by atoms with Crippen LogP contribution >= 0.6 is 11.8 Å².